The van der Waals surface area contributed by atoms with E-state index in [1.54, 1.807) is 6.07 Å². The Kier molecular flexibility index (Phi) is 6.79. The number of aromatic nitrogens is 3. The van der Waals surface area contributed by atoms with Crippen LogP contribution in [0.2, 0.25) is 5.02 Å². The van der Waals surface area contributed by atoms with Crippen molar-refractivity contribution in [1.29, 1.82) is 0 Å². The molecule has 1 aromatic carbocycles. The van der Waals surface area contributed by atoms with E-state index in [-0.39, 0.29) is 53.9 Å². The van der Waals surface area contributed by atoms with Crippen LogP contribution in [0.4, 0.5) is 14.6 Å². The Bertz CT molecular complexity index is 1150. The fraction of sp³-hybridized carbons (Fsp3) is 0.455. The van der Waals surface area contributed by atoms with Crippen LogP contribution in [-0.2, 0) is 20.8 Å². The van der Waals surface area contributed by atoms with Crippen LogP contribution < -0.4 is 10.1 Å². The molecule has 0 spiro atoms. The van der Waals surface area contributed by atoms with E-state index in [9.17, 15) is 8.78 Å². The molecule has 2 fully saturated rings. The minimum atomic E-state index is -0.660. The number of aromatic amines is 1. The second kappa shape index (κ2) is 9.96. The van der Waals surface area contributed by atoms with E-state index in [0.717, 1.165) is 0 Å². The van der Waals surface area contributed by atoms with E-state index in [0.29, 0.717) is 37.4 Å². The average Bonchev–Trinajstić information content (AvgIpc) is 3.50. The van der Waals surface area contributed by atoms with Crippen LogP contribution in [0.5, 0.6) is 6.01 Å². The second-order valence-electron chi connectivity index (χ2n) is 8.02. The molecule has 4 atom stereocenters. The predicted molar refractivity (Wildman–Crippen MR) is 118 cm³/mol. The van der Waals surface area contributed by atoms with Crippen molar-refractivity contribution in [3.05, 3.63) is 46.5 Å². The van der Waals surface area contributed by atoms with Crippen LogP contribution >= 0.6 is 11.6 Å². The highest BCUT2D eigenvalue weighted by Gasteiger charge is 2.49. The van der Waals surface area contributed by atoms with E-state index < -0.39 is 17.7 Å². The highest BCUT2D eigenvalue weighted by Crippen LogP contribution is 2.32. The zero-order valence-corrected chi connectivity index (χ0v) is 18.7. The minimum absolute atomic E-state index is 0.0651. The number of aliphatic hydroxyl groups is 1. The SMILES string of the molecule is OCCCO[C@@H]1CO[C@H]2[C@@H]1OC[C@H]2Oc1nc2nc(NCc3c(F)cccc3F)c(Cl)cc2[nH]1. The largest absolute Gasteiger partial charge is 0.456 e. The van der Waals surface area contributed by atoms with Gasteiger partial charge in [0.2, 0.25) is 0 Å². The number of rotatable bonds is 9. The number of nitrogens with one attached hydrogen (secondary N) is 2. The van der Waals surface area contributed by atoms with Crippen molar-refractivity contribution in [2.24, 2.45) is 0 Å². The van der Waals surface area contributed by atoms with Gasteiger partial charge in [0.05, 0.1) is 23.8 Å². The van der Waals surface area contributed by atoms with Gasteiger partial charge in [0.1, 0.15) is 35.8 Å². The molecular formula is C22H23ClF2N4O5. The topological polar surface area (TPSA) is 111 Å². The van der Waals surface area contributed by atoms with Gasteiger partial charge in [-0.3, -0.25) is 0 Å². The first-order valence-electron chi connectivity index (χ1n) is 10.9. The second-order valence-corrected chi connectivity index (χ2v) is 8.43. The maximum absolute atomic E-state index is 13.9. The summed E-state index contributed by atoms with van der Waals surface area (Å²) in [4.78, 5) is 11.7. The van der Waals surface area contributed by atoms with Crippen molar-refractivity contribution in [2.75, 3.05) is 31.7 Å². The molecule has 0 saturated carbocycles. The monoisotopic (exact) mass is 496 g/mol. The van der Waals surface area contributed by atoms with Gasteiger partial charge in [-0.25, -0.2) is 13.8 Å². The summed E-state index contributed by atoms with van der Waals surface area (Å²) < 4.78 is 51.1. The lowest BCUT2D eigenvalue weighted by molar-refractivity contribution is -0.0385. The first-order valence-corrected chi connectivity index (χ1v) is 11.3. The molecule has 5 rings (SSSR count). The number of hydrogen-bond donors (Lipinski definition) is 3. The highest BCUT2D eigenvalue weighted by atomic mass is 35.5. The van der Waals surface area contributed by atoms with Crippen molar-refractivity contribution in [2.45, 2.75) is 37.4 Å². The molecule has 4 heterocycles. The molecule has 3 aromatic rings. The van der Waals surface area contributed by atoms with Crippen LogP contribution in [-0.4, -0.2) is 70.9 Å². The maximum atomic E-state index is 13.9. The molecule has 0 bridgehead atoms. The average molecular weight is 497 g/mol. The van der Waals surface area contributed by atoms with E-state index in [2.05, 4.69) is 20.3 Å². The molecule has 3 N–H and O–H groups in total. The molecule has 182 valence electrons. The van der Waals surface area contributed by atoms with E-state index in [4.69, 9.17) is 35.7 Å². The Labute approximate surface area is 198 Å². The number of imidazole rings is 1. The number of fused-ring (bicyclic) bond motifs is 2. The molecule has 2 aliphatic heterocycles. The van der Waals surface area contributed by atoms with E-state index in [1.165, 1.54) is 18.2 Å². The van der Waals surface area contributed by atoms with Gasteiger partial charge >= 0.3 is 0 Å². The number of anilines is 1. The quantitative estimate of drug-likeness (QED) is 0.388. The van der Waals surface area contributed by atoms with E-state index in [1.807, 2.05) is 0 Å². The van der Waals surface area contributed by atoms with Crippen molar-refractivity contribution < 1.29 is 32.8 Å². The standard InChI is InChI=1S/C22H23ClF2N4O5/c23-12-7-15-21(28-20(12)26-8-11-13(24)3-1-4-14(11)25)29-22(27-15)34-17-10-33-18-16(9-32-19(17)18)31-6-2-5-30/h1,3-4,7,16-19,30H,2,5-6,8-10H2,(H2,26,27,28,29)/t16-,17-,18-,19-/m1/s1. The van der Waals surface area contributed by atoms with Gasteiger partial charge in [-0.1, -0.05) is 17.7 Å². The smallest absolute Gasteiger partial charge is 0.296 e. The van der Waals surface area contributed by atoms with Crippen LogP contribution in [0.1, 0.15) is 12.0 Å². The van der Waals surface area contributed by atoms with Crippen LogP contribution in [0.25, 0.3) is 11.2 Å². The molecule has 2 aromatic heterocycles. The fourth-order valence-corrected chi connectivity index (χ4v) is 4.28. The lowest BCUT2D eigenvalue weighted by atomic mass is 10.1. The Morgan fingerprint density at radius 2 is 1.88 bits per heavy atom. The predicted octanol–water partition coefficient (Wildman–Crippen LogP) is 2.81. The molecule has 0 radical (unpaired) electrons. The van der Waals surface area contributed by atoms with Gasteiger partial charge in [-0.05, 0) is 24.6 Å². The molecule has 2 saturated heterocycles. The third-order valence-electron chi connectivity index (χ3n) is 5.76. The Morgan fingerprint density at radius 1 is 1.15 bits per heavy atom. The Hall–Kier alpha value is -2.57. The number of H-pyrrole nitrogens is 1. The van der Waals surface area contributed by atoms with Gasteiger partial charge in [-0.15, -0.1) is 0 Å². The van der Waals surface area contributed by atoms with Gasteiger partial charge in [0.25, 0.3) is 6.01 Å². The maximum Gasteiger partial charge on any atom is 0.296 e. The summed E-state index contributed by atoms with van der Waals surface area (Å²) >= 11 is 6.30. The third kappa shape index (κ3) is 4.66. The molecule has 0 amide bonds. The minimum Gasteiger partial charge on any atom is -0.456 e. The zero-order valence-electron chi connectivity index (χ0n) is 18.0. The van der Waals surface area contributed by atoms with Crippen molar-refractivity contribution in [1.82, 2.24) is 15.0 Å². The van der Waals surface area contributed by atoms with Gasteiger partial charge in [0, 0.05) is 25.3 Å². The summed E-state index contributed by atoms with van der Waals surface area (Å²) in [6.07, 6.45) is -0.621. The van der Waals surface area contributed by atoms with Gasteiger partial charge in [0.15, 0.2) is 11.8 Å². The molecule has 9 nitrogen and oxygen atoms in total. The van der Waals surface area contributed by atoms with Crippen molar-refractivity contribution in [3.63, 3.8) is 0 Å². The number of nitrogens with zero attached hydrogens (tertiary/aromatic N) is 2. The molecule has 34 heavy (non-hydrogen) atoms. The lowest BCUT2D eigenvalue weighted by Crippen LogP contribution is -2.35. The van der Waals surface area contributed by atoms with Crippen molar-refractivity contribution in [3.8, 4) is 6.01 Å². The molecule has 0 unspecified atom stereocenters. The van der Waals surface area contributed by atoms with Crippen LogP contribution in [0.15, 0.2) is 24.3 Å². The highest BCUT2D eigenvalue weighted by molar-refractivity contribution is 6.33. The number of pyridine rings is 1. The molecule has 0 aliphatic carbocycles. The number of aliphatic hydroxyl groups excluding tert-OH is 1. The summed E-state index contributed by atoms with van der Waals surface area (Å²) in [6.45, 7) is 1.05. The number of ether oxygens (including phenoxy) is 4. The van der Waals surface area contributed by atoms with E-state index >= 15 is 0 Å². The first-order chi connectivity index (χ1) is 16.5. The first kappa shape index (κ1) is 23.2. The summed E-state index contributed by atoms with van der Waals surface area (Å²) in [7, 11) is 0. The van der Waals surface area contributed by atoms with Crippen molar-refractivity contribution >= 4 is 28.6 Å². The summed E-state index contributed by atoms with van der Waals surface area (Å²) in [5.74, 6) is -1.08. The summed E-state index contributed by atoms with van der Waals surface area (Å²) in [5, 5.41) is 12.0. The number of hydrogen-bond acceptors (Lipinski definition) is 8. The third-order valence-corrected chi connectivity index (χ3v) is 6.05. The lowest BCUT2D eigenvalue weighted by Gasteiger charge is -2.16. The fourth-order valence-electron chi connectivity index (χ4n) is 4.06. The molecule has 2 aliphatic rings. The number of benzene rings is 1. The van der Waals surface area contributed by atoms with Crippen LogP contribution in [0.3, 0.4) is 0 Å². The molecule has 12 heteroatoms. The molecular weight excluding hydrogens is 474 g/mol. The summed E-state index contributed by atoms with van der Waals surface area (Å²) in [5.41, 5.74) is 0.747. The van der Waals surface area contributed by atoms with Gasteiger partial charge in [-0.2, -0.15) is 4.98 Å². The normalized spacial score (nSPS) is 24.0. The number of halogens is 3. The van der Waals surface area contributed by atoms with Crippen LogP contribution in [0, 0.1) is 11.6 Å². The Morgan fingerprint density at radius 3 is 2.65 bits per heavy atom. The van der Waals surface area contributed by atoms with Gasteiger partial charge < -0.3 is 34.4 Å². The zero-order chi connectivity index (χ0) is 23.7. The summed E-state index contributed by atoms with van der Waals surface area (Å²) in [6, 6.07) is 5.50. The Balaban J connectivity index is 1.25.